The molecule has 1 saturated heterocycles. The van der Waals surface area contributed by atoms with Crippen LogP contribution in [0.2, 0.25) is 0 Å². The van der Waals surface area contributed by atoms with Crippen molar-refractivity contribution in [2.45, 2.75) is 39.3 Å². The van der Waals surface area contributed by atoms with Crippen LogP contribution in [0.25, 0.3) is 0 Å². The summed E-state index contributed by atoms with van der Waals surface area (Å²) in [7, 11) is 0. The lowest BCUT2D eigenvalue weighted by atomic mass is 10.3. The van der Waals surface area contributed by atoms with E-state index in [2.05, 4.69) is 28.7 Å². The van der Waals surface area contributed by atoms with Crippen molar-refractivity contribution in [2.24, 2.45) is 0 Å². The van der Waals surface area contributed by atoms with Crippen molar-refractivity contribution in [3.8, 4) is 0 Å². The van der Waals surface area contributed by atoms with Crippen LogP contribution in [0.4, 0.5) is 0 Å². The molecule has 1 aliphatic heterocycles. The van der Waals surface area contributed by atoms with Crippen molar-refractivity contribution in [1.82, 2.24) is 19.8 Å². The Bertz CT molecular complexity index is 393. The van der Waals surface area contributed by atoms with Crippen LogP contribution in [0.1, 0.15) is 38.4 Å². The van der Waals surface area contributed by atoms with E-state index in [-0.39, 0.29) is 5.91 Å². The number of imidazole rings is 1. The van der Waals surface area contributed by atoms with Crippen molar-refractivity contribution in [2.75, 3.05) is 19.6 Å². The molecule has 0 aromatic carbocycles. The quantitative estimate of drug-likeness (QED) is 0.853. The van der Waals surface area contributed by atoms with Gasteiger partial charge in [-0.15, -0.1) is 0 Å². The third kappa shape index (κ3) is 3.10. The fourth-order valence-electron chi connectivity index (χ4n) is 2.31. The van der Waals surface area contributed by atoms with Gasteiger partial charge in [0, 0.05) is 31.9 Å². The summed E-state index contributed by atoms with van der Waals surface area (Å²) in [6.45, 7) is 7.21. The zero-order valence-corrected chi connectivity index (χ0v) is 11.2. The van der Waals surface area contributed by atoms with E-state index in [1.165, 1.54) is 0 Å². The number of hydrogen-bond acceptors (Lipinski definition) is 3. The highest BCUT2D eigenvalue weighted by molar-refractivity contribution is 5.78. The van der Waals surface area contributed by atoms with E-state index in [0.717, 1.165) is 31.6 Å². The molecule has 0 unspecified atom stereocenters. The third-order valence-corrected chi connectivity index (χ3v) is 3.34. The summed E-state index contributed by atoms with van der Waals surface area (Å²) < 4.78 is 2.12. The smallest absolute Gasteiger partial charge is 0.236 e. The maximum atomic E-state index is 11.8. The van der Waals surface area contributed by atoms with Crippen LogP contribution in [-0.2, 0) is 11.3 Å². The molecule has 1 amide bonds. The summed E-state index contributed by atoms with van der Waals surface area (Å²) in [6.07, 6.45) is 5.98. The molecule has 0 atom stereocenters. The molecular weight excluding hydrogens is 228 g/mol. The summed E-state index contributed by atoms with van der Waals surface area (Å²) >= 11 is 0. The monoisotopic (exact) mass is 250 g/mol. The van der Waals surface area contributed by atoms with E-state index < -0.39 is 0 Å². The van der Waals surface area contributed by atoms with Crippen LogP contribution >= 0.6 is 0 Å². The van der Waals surface area contributed by atoms with Crippen molar-refractivity contribution in [3.63, 3.8) is 0 Å². The van der Waals surface area contributed by atoms with Gasteiger partial charge in [-0.1, -0.05) is 0 Å². The van der Waals surface area contributed by atoms with E-state index >= 15 is 0 Å². The minimum absolute atomic E-state index is 0.211. The Hall–Kier alpha value is -1.36. The van der Waals surface area contributed by atoms with Gasteiger partial charge in [-0.25, -0.2) is 4.98 Å². The Morgan fingerprint density at radius 2 is 2.17 bits per heavy atom. The zero-order valence-electron chi connectivity index (χ0n) is 11.2. The first-order valence-electron chi connectivity index (χ1n) is 6.67. The number of hydrogen-bond donors (Lipinski definition) is 1. The molecule has 2 heterocycles. The largest absolute Gasteiger partial charge is 0.342 e. The van der Waals surface area contributed by atoms with Crippen molar-refractivity contribution in [3.05, 3.63) is 18.2 Å². The fraction of sp³-hybridized carbons (Fsp3) is 0.692. The Morgan fingerprint density at radius 1 is 1.44 bits per heavy atom. The lowest BCUT2D eigenvalue weighted by molar-refractivity contribution is -0.129. The molecule has 1 fully saturated rings. The molecule has 100 valence electrons. The number of carbonyl (C=O) groups excluding carboxylic acids is 1. The van der Waals surface area contributed by atoms with Crippen LogP contribution in [-0.4, -0.2) is 40.0 Å². The van der Waals surface area contributed by atoms with E-state index in [0.29, 0.717) is 19.1 Å². The molecule has 0 spiro atoms. The molecule has 1 aliphatic rings. The predicted octanol–water partition coefficient (Wildman–Crippen LogP) is 1.18. The SMILES string of the molecule is CC(C)n1cncc1CNCC(=O)N1CCCC1. The predicted molar refractivity (Wildman–Crippen MR) is 70.1 cm³/mol. The van der Waals surface area contributed by atoms with Gasteiger partial charge in [-0.3, -0.25) is 4.79 Å². The summed E-state index contributed by atoms with van der Waals surface area (Å²) in [4.78, 5) is 17.9. The zero-order chi connectivity index (χ0) is 13.0. The molecular formula is C13H22N4O. The first-order valence-corrected chi connectivity index (χ1v) is 6.67. The Balaban J connectivity index is 1.77. The second-order valence-corrected chi connectivity index (χ2v) is 5.08. The average molecular weight is 250 g/mol. The molecule has 1 aromatic rings. The first-order chi connectivity index (χ1) is 8.68. The van der Waals surface area contributed by atoms with E-state index in [1.807, 2.05) is 17.4 Å². The minimum Gasteiger partial charge on any atom is -0.342 e. The van der Waals surface area contributed by atoms with Crippen LogP contribution in [0.3, 0.4) is 0 Å². The number of carbonyl (C=O) groups is 1. The van der Waals surface area contributed by atoms with E-state index in [9.17, 15) is 4.79 Å². The van der Waals surface area contributed by atoms with Gasteiger partial charge >= 0.3 is 0 Å². The average Bonchev–Trinajstić information content (AvgIpc) is 2.99. The van der Waals surface area contributed by atoms with Crippen LogP contribution in [0, 0.1) is 0 Å². The van der Waals surface area contributed by atoms with Crippen molar-refractivity contribution >= 4 is 5.91 Å². The number of nitrogens with one attached hydrogen (secondary N) is 1. The second kappa shape index (κ2) is 6.00. The van der Waals surface area contributed by atoms with E-state index in [1.54, 1.807) is 0 Å². The van der Waals surface area contributed by atoms with Crippen molar-refractivity contribution in [1.29, 1.82) is 0 Å². The summed E-state index contributed by atoms with van der Waals surface area (Å²) in [5.41, 5.74) is 1.12. The van der Waals surface area contributed by atoms with Gasteiger partial charge in [0.2, 0.25) is 5.91 Å². The lowest BCUT2D eigenvalue weighted by Gasteiger charge is -2.16. The molecule has 1 aromatic heterocycles. The Labute approximate surface area is 108 Å². The highest BCUT2D eigenvalue weighted by Gasteiger charge is 2.17. The number of aromatic nitrogens is 2. The molecule has 0 radical (unpaired) electrons. The maximum absolute atomic E-state index is 11.8. The number of rotatable bonds is 5. The van der Waals surface area contributed by atoms with Gasteiger partial charge in [0.05, 0.1) is 18.6 Å². The van der Waals surface area contributed by atoms with E-state index in [4.69, 9.17) is 0 Å². The summed E-state index contributed by atoms with van der Waals surface area (Å²) in [5.74, 6) is 0.211. The summed E-state index contributed by atoms with van der Waals surface area (Å²) in [5, 5.41) is 3.21. The van der Waals surface area contributed by atoms with Crippen LogP contribution in [0.5, 0.6) is 0 Å². The molecule has 5 nitrogen and oxygen atoms in total. The van der Waals surface area contributed by atoms with Gasteiger partial charge in [0.1, 0.15) is 0 Å². The molecule has 0 saturated carbocycles. The number of nitrogens with zero attached hydrogens (tertiary/aromatic N) is 3. The topological polar surface area (TPSA) is 50.2 Å². The first kappa shape index (κ1) is 13.1. The van der Waals surface area contributed by atoms with Gasteiger partial charge in [-0.05, 0) is 26.7 Å². The molecule has 5 heteroatoms. The van der Waals surface area contributed by atoms with Crippen LogP contribution < -0.4 is 5.32 Å². The standard InChI is InChI=1S/C13H22N4O/c1-11(2)17-10-15-8-12(17)7-14-9-13(18)16-5-3-4-6-16/h8,10-11,14H,3-7,9H2,1-2H3. The van der Waals surface area contributed by atoms with Gasteiger partial charge in [0.25, 0.3) is 0 Å². The molecule has 0 bridgehead atoms. The number of amides is 1. The maximum Gasteiger partial charge on any atom is 0.236 e. The minimum atomic E-state index is 0.211. The molecule has 0 aliphatic carbocycles. The number of likely N-dealkylation sites (tertiary alicyclic amines) is 1. The molecule has 2 rings (SSSR count). The van der Waals surface area contributed by atoms with Gasteiger partial charge in [0.15, 0.2) is 0 Å². The molecule has 1 N–H and O–H groups in total. The Morgan fingerprint density at radius 3 is 2.83 bits per heavy atom. The normalized spacial score (nSPS) is 15.6. The third-order valence-electron chi connectivity index (χ3n) is 3.34. The summed E-state index contributed by atoms with van der Waals surface area (Å²) in [6, 6.07) is 0.401. The fourth-order valence-corrected chi connectivity index (χ4v) is 2.31. The lowest BCUT2D eigenvalue weighted by Crippen LogP contribution is -2.36. The highest BCUT2D eigenvalue weighted by atomic mass is 16.2. The molecule has 18 heavy (non-hydrogen) atoms. The van der Waals surface area contributed by atoms with Crippen molar-refractivity contribution < 1.29 is 4.79 Å². The van der Waals surface area contributed by atoms with Gasteiger partial charge < -0.3 is 14.8 Å². The highest BCUT2D eigenvalue weighted by Crippen LogP contribution is 2.09. The second-order valence-electron chi connectivity index (χ2n) is 5.08. The van der Waals surface area contributed by atoms with Crippen LogP contribution in [0.15, 0.2) is 12.5 Å². The van der Waals surface area contributed by atoms with Gasteiger partial charge in [-0.2, -0.15) is 0 Å². The Kier molecular flexibility index (Phi) is 4.36.